The van der Waals surface area contributed by atoms with Crippen LogP contribution in [0.5, 0.6) is 0 Å². The van der Waals surface area contributed by atoms with Crippen LogP contribution in [0.1, 0.15) is 56.7 Å². The first-order chi connectivity index (χ1) is 16.9. The number of aromatic nitrogens is 6. The summed E-state index contributed by atoms with van der Waals surface area (Å²) in [4.78, 5) is 20.3. The molecular weight excluding hydrogens is 440 g/mol. The quantitative estimate of drug-likeness (QED) is 0.436. The first kappa shape index (κ1) is 21.8. The zero-order chi connectivity index (χ0) is 24.2. The number of hydrogen-bond donors (Lipinski definition) is 2. The van der Waals surface area contributed by atoms with Gasteiger partial charge in [0.2, 0.25) is 0 Å². The van der Waals surface area contributed by atoms with E-state index in [1.807, 2.05) is 23.0 Å². The number of anilines is 2. The van der Waals surface area contributed by atoms with E-state index in [-0.39, 0.29) is 17.1 Å². The highest BCUT2D eigenvalue weighted by Crippen LogP contribution is 2.39. The average molecular weight is 471 g/mol. The molecule has 0 amide bonds. The van der Waals surface area contributed by atoms with Crippen LogP contribution >= 0.6 is 0 Å². The number of aliphatic imine (C=N–C) groups is 1. The summed E-state index contributed by atoms with van der Waals surface area (Å²) in [6, 6.07) is 8.43. The van der Waals surface area contributed by atoms with E-state index in [0.29, 0.717) is 17.1 Å². The van der Waals surface area contributed by atoms with Crippen molar-refractivity contribution in [2.45, 2.75) is 58.0 Å². The van der Waals surface area contributed by atoms with Gasteiger partial charge in [-0.2, -0.15) is 5.10 Å². The first-order valence-electron chi connectivity index (χ1n) is 12.3. The molecule has 1 saturated carbocycles. The van der Waals surface area contributed by atoms with Crippen molar-refractivity contribution >= 4 is 28.1 Å². The van der Waals surface area contributed by atoms with Crippen LogP contribution in [0.25, 0.3) is 10.9 Å². The fraction of sp³-hybridized carbons (Fsp3) is 0.423. The number of fused-ring (bicyclic) bond motifs is 1. The van der Waals surface area contributed by atoms with Crippen molar-refractivity contribution in [1.82, 2.24) is 29.8 Å². The van der Waals surface area contributed by atoms with Crippen LogP contribution in [0.4, 0.5) is 11.5 Å². The first-order valence-corrected chi connectivity index (χ1v) is 12.3. The number of aryl methyl sites for hydroxylation is 1. The van der Waals surface area contributed by atoms with Crippen molar-refractivity contribution < 1.29 is 0 Å². The lowest BCUT2D eigenvalue weighted by Crippen LogP contribution is -2.29. The second-order valence-electron chi connectivity index (χ2n) is 10.2. The molecule has 2 aliphatic rings. The second kappa shape index (κ2) is 8.18. The minimum atomic E-state index is -0.341. The largest absolute Gasteiger partial charge is 0.338 e. The van der Waals surface area contributed by atoms with Gasteiger partial charge in [0.05, 0.1) is 29.8 Å². The van der Waals surface area contributed by atoms with E-state index in [4.69, 9.17) is 5.10 Å². The SMILES string of the molecule is Cc1cc(Nc2nn(C3CCCCC3C3=NC3)c3cc[nH]c(=O)c23)ccc1C(C)(C)n1ccnn1. The zero-order valence-corrected chi connectivity index (χ0v) is 20.3. The highest BCUT2D eigenvalue weighted by Gasteiger charge is 2.36. The Bertz CT molecular complexity index is 1480. The molecule has 180 valence electrons. The van der Waals surface area contributed by atoms with Crippen molar-refractivity contribution in [3.8, 4) is 0 Å². The monoisotopic (exact) mass is 470 g/mol. The zero-order valence-electron chi connectivity index (χ0n) is 20.3. The number of pyridine rings is 1. The van der Waals surface area contributed by atoms with Crippen LogP contribution in [0, 0.1) is 12.8 Å². The molecule has 4 heterocycles. The topological polar surface area (TPSA) is 106 Å². The summed E-state index contributed by atoms with van der Waals surface area (Å²) in [5, 5.41) is 17.2. The summed E-state index contributed by atoms with van der Waals surface area (Å²) in [6.07, 6.45) is 9.87. The van der Waals surface area contributed by atoms with Crippen molar-refractivity contribution in [3.05, 3.63) is 64.3 Å². The predicted molar refractivity (Wildman–Crippen MR) is 137 cm³/mol. The second-order valence-corrected chi connectivity index (χ2v) is 10.2. The van der Waals surface area contributed by atoms with Crippen LogP contribution in [-0.4, -0.2) is 42.0 Å². The molecule has 4 aromatic rings. The highest BCUT2D eigenvalue weighted by atomic mass is 16.1. The van der Waals surface area contributed by atoms with Gasteiger partial charge in [0.1, 0.15) is 5.39 Å². The fourth-order valence-corrected chi connectivity index (χ4v) is 5.71. The summed E-state index contributed by atoms with van der Waals surface area (Å²) >= 11 is 0. The van der Waals surface area contributed by atoms with E-state index < -0.39 is 0 Å². The van der Waals surface area contributed by atoms with Crippen LogP contribution in [0.2, 0.25) is 0 Å². The lowest BCUT2D eigenvalue weighted by Gasteiger charge is -2.30. The van der Waals surface area contributed by atoms with Gasteiger partial charge in [-0.05, 0) is 62.9 Å². The maximum absolute atomic E-state index is 12.9. The number of nitrogens with zero attached hydrogens (tertiary/aromatic N) is 6. The molecule has 6 rings (SSSR count). The molecule has 9 nitrogen and oxygen atoms in total. The molecule has 3 aromatic heterocycles. The Balaban J connectivity index is 1.37. The Kier molecular flexibility index (Phi) is 5.09. The van der Waals surface area contributed by atoms with Crippen molar-refractivity contribution in [1.29, 1.82) is 0 Å². The molecule has 9 heteroatoms. The van der Waals surface area contributed by atoms with Crippen LogP contribution < -0.4 is 10.9 Å². The van der Waals surface area contributed by atoms with E-state index in [1.54, 1.807) is 12.4 Å². The molecule has 2 atom stereocenters. The Morgan fingerprint density at radius 1 is 1.17 bits per heavy atom. The van der Waals surface area contributed by atoms with E-state index in [0.717, 1.165) is 41.7 Å². The third kappa shape index (κ3) is 3.75. The molecule has 1 fully saturated rings. The molecule has 2 N–H and O–H groups in total. The number of nitrogens with one attached hydrogen (secondary N) is 2. The van der Waals surface area contributed by atoms with Gasteiger partial charge in [-0.1, -0.05) is 24.1 Å². The van der Waals surface area contributed by atoms with Crippen molar-refractivity contribution in [2.75, 3.05) is 11.9 Å². The van der Waals surface area contributed by atoms with Crippen molar-refractivity contribution in [2.24, 2.45) is 10.9 Å². The van der Waals surface area contributed by atoms with Gasteiger partial charge in [-0.25, -0.2) is 4.68 Å². The van der Waals surface area contributed by atoms with E-state index in [1.165, 1.54) is 18.6 Å². The molecule has 1 aliphatic carbocycles. The number of H-pyrrole nitrogens is 1. The summed E-state index contributed by atoms with van der Waals surface area (Å²) in [5.41, 5.74) is 4.86. The van der Waals surface area contributed by atoms with Gasteiger partial charge in [0.25, 0.3) is 5.56 Å². The molecule has 0 bridgehead atoms. The number of benzene rings is 1. The fourth-order valence-electron chi connectivity index (χ4n) is 5.71. The van der Waals surface area contributed by atoms with Crippen LogP contribution in [-0.2, 0) is 5.54 Å². The molecule has 1 aliphatic heterocycles. The smallest absolute Gasteiger partial charge is 0.261 e. The molecule has 0 spiro atoms. The number of hydrogen-bond acceptors (Lipinski definition) is 6. The van der Waals surface area contributed by atoms with Gasteiger partial charge in [0.15, 0.2) is 5.82 Å². The summed E-state index contributed by atoms with van der Waals surface area (Å²) in [7, 11) is 0. The molecule has 2 unspecified atom stereocenters. The average Bonchev–Trinajstić information content (AvgIpc) is 3.39. The van der Waals surface area contributed by atoms with Gasteiger partial charge in [0, 0.05) is 29.7 Å². The van der Waals surface area contributed by atoms with E-state index in [9.17, 15) is 4.79 Å². The normalized spacial score (nSPS) is 20.1. The van der Waals surface area contributed by atoms with Gasteiger partial charge < -0.3 is 10.3 Å². The minimum absolute atomic E-state index is 0.131. The standard InChI is InChI=1S/C26H30N8O/c1-16-14-17(8-9-19(16)26(2,3)33-13-12-29-32-33)30-24-23-22(10-11-27-25(23)35)34(31-24)21-7-5-4-6-18(21)20-15-28-20/h8-14,18,21H,4-7,15H2,1-3H3,(H,27,35)(H,30,31). The molecule has 1 aromatic carbocycles. The highest BCUT2D eigenvalue weighted by molar-refractivity contribution is 5.99. The summed E-state index contributed by atoms with van der Waals surface area (Å²) < 4.78 is 3.94. The molecule has 35 heavy (non-hydrogen) atoms. The van der Waals surface area contributed by atoms with Gasteiger partial charge >= 0.3 is 0 Å². The third-order valence-electron chi connectivity index (χ3n) is 7.59. The Morgan fingerprint density at radius 2 is 2.00 bits per heavy atom. The minimum Gasteiger partial charge on any atom is -0.338 e. The van der Waals surface area contributed by atoms with E-state index >= 15 is 0 Å². The Labute approximate surface area is 203 Å². The summed E-state index contributed by atoms with van der Waals surface area (Å²) in [6.45, 7) is 7.21. The van der Waals surface area contributed by atoms with Crippen LogP contribution in [0.3, 0.4) is 0 Å². The maximum Gasteiger partial charge on any atom is 0.261 e. The van der Waals surface area contributed by atoms with Crippen molar-refractivity contribution in [3.63, 3.8) is 0 Å². The Morgan fingerprint density at radius 3 is 2.74 bits per heavy atom. The van der Waals surface area contributed by atoms with Crippen LogP contribution in [0.15, 0.2) is 52.6 Å². The molecular formula is C26H30N8O. The lowest BCUT2D eigenvalue weighted by molar-refractivity contribution is 0.289. The maximum atomic E-state index is 12.9. The third-order valence-corrected chi connectivity index (χ3v) is 7.59. The number of rotatable bonds is 6. The molecule has 0 radical (unpaired) electrons. The summed E-state index contributed by atoms with van der Waals surface area (Å²) in [5.74, 6) is 1.01. The van der Waals surface area contributed by atoms with E-state index in [2.05, 4.69) is 63.2 Å². The molecule has 0 saturated heterocycles. The lowest BCUT2D eigenvalue weighted by atomic mass is 9.83. The number of aromatic amines is 1. The van der Waals surface area contributed by atoms with Gasteiger partial charge in [-0.3, -0.25) is 14.5 Å². The Hall–Kier alpha value is -3.75. The van der Waals surface area contributed by atoms with Gasteiger partial charge in [-0.15, -0.1) is 5.10 Å². The predicted octanol–water partition coefficient (Wildman–Crippen LogP) is 4.34.